The van der Waals surface area contributed by atoms with Gasteiger partial charge in [0.15, 0.2) is 0 Å². The number of hydrogen-bond donors (Lipinski definition) is 1. The fraction of sp³-hybridized carbons (Fsp3) is 0.667. The number of carbonyl (C=O) groups is 2. The van der Waals surface area contributed by atoms with E-state index >= 15 is 0 Å². The van der Waals surface area contributed by atoms with Gasteiger partial charge in [-0.1, -0.05) is 19.1 Å². The van der Waals surface area contributed by atoms with Gasteiger partial charge in [0, 0.05) is 25.3 Å². The second kappa shape index (κ2) is 6.30. The van der Waals surface area contributed by atoms with Crippen molar-refractivity contribution in [2.24, 2.45) is 5.92 Å². The van der Waals surface area contributed by atoms with Gasteiger partial charge in [-0.25, -0.2) is 0 Å². The Bertz CT molecular complexity index is 286. The Morgan fingerprint density at radius 3 is 2.81 bits per heavy atom. The average Bonchev–Trinajstić information content (AvgIpc) is 2.62. The first kappa shape index (κ1) is 12.7. The van der Waals surface area contributed by atoms with Crippen molar-refractivity contribution in [2.75, 3.05) is 6.61 Å². The zero-order valence-corrected chi connectivity index (χ0v) is 9.86. The number of rotatable bonds is 5. The molecule has 0 aromatic heterocycles. The molecule has 0 radical (unpaired) electrons. The molecule has 1 N–H and O–H groups in total. The maximum absolute atomic E-state index is 11.1. The smallest absolute Gasteiger partial charge is 0.305 e. The molecule has 1 rings (SSSR count). The van der Waals surface area contributed by atoms with Crippen molar-refractivity contribution >= 4 is 11.9 Å². The molecule has 1 amide bonds. The van der Waals surface area contributed by atoms with Crippen LogP contribution < -0.4 is 5.32 Å². The lowest BCUT2D eigenvalue weighted by Crippen LogP contribution is -2.30. The number of hydrogen-bond acceptors (Lipinski definition) is 3. The lowest BCUT2D eigenvalue weighted by Gasteiger charge is -2.12. The Hall–Kier alpha value is -1.32. The van der Waals surface area contributed by atoms with Gasteiger partial charge in [-0.3, -0.25) is 9.59 Å². The van der Waals surface area contributed by atoms with Crippen molar-refractivity contribution in [1.29, 1.82) is 0 Å². The quantitative estimate of drug-likeness (QED) is 0.568. The predicted molar refractivity (Wildman–Crippen MR) is 60.7 cm³/mol. The van der Waals surface area contributed by atoms with Gasteiger partial charge in [-0.2, -0.15) is 0 Å². The van der Waals surface area contributed by atoms with E-state index in [1.54, 1.807) is 0 Å². The predicted octanol–water partition coefficient (Wildman–Crippen LogP) is 1.41. The summed E-state index contributed by atoms with van der Waals surface area (Å²) in [6, 6.07) is 0.0902. The highest BCUT2D eigenvalue weighted by Gasteiger charge is 2.20. The fourth-order valence-electron chi connectivity index (χ4n) is 1.74. The van der Waals surface area contributed by atoms with E-state index in [0.29, 0.717) is 13.0 Å². The largest absolute Gasteiger partial charge is 0.465 e. The molecule has 0 aromatic carbocycles. The summed E-state index contributed by atoms with van der Waals surface area (Å²) < 4.78 is 5.12. The molecule has 1 aliphatic carbocycles. The summed E-state index contributed by atoms with van der Waals surface area (Å²) in [6.07, 6.45) is 6.07. The molecule has 90 valence electrons. The lowest BCUT2D eigenvalue weighted by molar-refractivity contribution is -0.144. The van der Waals surface area contributed by atoms with Crippen molar-refractivity contribution in [1.82, 2.24) is 5.32 Å². The van der Waals surface area contributed by atoms with Crippen molar-refractivity contribution in [3.8, 4) is 0 Å². The van der Waals surface area contributed by atoms with Crippen LogP contribution >= 0.6 is 0 Å². The van der Waals surface area contributed by atoms with Crippen LogP contribution in [-0.4, -0.2) is 24.5 Å². The van der Waals surface area contributed by atoms with Gasteiger partial charge in [0.2, 0.25) is 5.91 Å². The first-order chi connectivity index (χ1) is 7.61. The maximum atomic E-state index is 11.1. The SMILES string of the molecule is CCCC(=O)OC[C@H]1C=C[C@@H](NC(C)=O)C1. The van der Waals surface area contributed by atoms with Crippen LogP contribution in [0.4, 0.5) is 0 Å². The van der Waals surface area contributed by atoms with E-state index in [-0.39, 0.29) is 23.8 Å². The van der Waals surface area contributed by atoms with Gasteiger partial charge in [-0.05, 0) is 12.8 Å². The highest BCUT2D eigenvalue weighted by atomic mass is 16.5. The van der Waals surface area contributed by atoms with Crippen LogP contribution in [0.3, 0.4) is 0 Å². The van der Waals surface area contributed by atoms with Gasteiger partial charge in [0.1, 0.15) is 0 Å². The molecule has 0 aliphatic heterocycles. The van der Waals surface area contributed by atoms with E-state index in [0.717, 1.165) is 12.8 Å². The van der Waals surface area contributed by atoms with E-state index in [2.05, 4.69) is 5.32 Å². The number of esters is 1. The molecule has 0 unspecified atom stereocenters. The molecule has 16 heavy (non-hydrogen) atoms. The Morgan fingerprint density at radius 2 is 2.19 bits per heavy atom. The molecule has 0 fully saturated rings. The molecule has 0 aromatic rings. The molecule has 0 heterocycles. The molecule has 0 saturated heterocycles. The van der Waals surface area contributed by atoms with Gasteiger partial charge >= 0.3 is 5.97 Å². The molecule has 0 saturated carbocycles. The summed E-state index contributed by atoms with van der Waals surface area (Å²) in [4.78, 5) is 22.0. The van der Waals surface area contributed by atoms with Crippen LogP contribution in [0.15, 0.2) is 12.2 Å². The summed E-state index contributed by atoms with van der Waals surface area (Å²) in [6.45, 7) is 3.87. The van der Waals surface area contributed by atoms with Gasteiger partial charge in [-0.15, -0.1) is 0 Å². The number of ether oxygens (including phenoxy) is 1. The minimum atomic E-state index is -0.140. The third-order valence-corrected chi connectivity index (χ3v) is 2.47. The van der Waals surface area contributed by atoms with Gasteiger partial charge < -0.3 is 10.1 Å². The average molecular weight is 225 g/mol. The number of amides is 1. The molecule has 4 nitrogen and oxygen atoms in total. The van der Waals surface area contributed by atoms with Crippen LogP contribution in [0.25, 0.3) is 0 Å². The molecule has 4 heteroatoms. The standard InChI is InChI=1S/C12H19NO3/c1-3-4-12(15)16-8-10-5-6-11(7-10)13-9(2)14/h5-6,10-11H,3-4,7-8H2,1-2H3,(H,13,14)/t10-,11+/m0/s1. The molecule has 1 aliphatic rings. The molecule has 0 bridgehead atoms. The van der Waals surface area contributed by atoms with Crippen LogP contribution in [0.2, 0.25) is 0 Å². The van der Waals surface area contributed by atoms with Crippen LogP contribution in [0.1, 0.15) is 33.1 Å². The van der Waals surface area contributed by atoms with Gasteiger partial charge in [0.05, 0.1) is 6.61 Å². The molecule has 0 spiro atoms. The fourth-order valence-corrected chi connectivity index (χ4v) is 1.74. The van der Waals surface area contributed by atoms with Crippen LogP contribution in [0.5, 0.6) is 0 Å². The molecular formula is C12H19NO3. The van der Waals surface area contributed by atoms with E-state index in [4.69, 9.17) is 4.74 Å². The topological polar surface area (TPSA) is 55.4 Å². The first-order valence-corrected chi connectivity index (χ1v) is 5.73. The molecular weight excluding hydrogens is 206 g/mol. The maximum Gasteiger partial charge on any atom is 0.305 e. The highest BCUT2D eigenvalue weighted by molar-refractivity contribution is 5.73. The molecule has 2 atom stereocenters. The third-order valence-electron chi connectivity index (χ3n) is 2.47. The summed E-state index contributed by atoms with van der Waals surface area (Å²) in [5.74, 6) is 0.0646. The minimum absolute atomic E-state index is 0.0294. The van der Waals surface area contributed by atoms with Crippen molar-refractivity contribution < 1.29 is 14.3 Å². The van der Waals surface area contributed by atoms with Crippen LogP contribution in [-0.2, 0) is 14.3 Å². The normalized spacial score (nSPS) is 23.1. The van der Waals surface area contributed by atoms with E-state index in [1.165, 1.54) is 6.92 Å². The van der Waals surface area contributed by atoms with Crippen molar-refractivity contribution in [3.05, 3.63) is 12.2 Å². The Kier molecular flexibility index (Phi) is 5.02. The second-order valence-corrected chi connectivity index (χ2v) is 4.12. The first-order valence-electron chi connectivity index (χ1n) is 5.73. The number of carbonyl (C=O) groups excluding carboxylic acids is 2. The summed E-state index contributed by atoms with van der Waals surface area (Å²) in [5.41, 5.74) is 0. The zero-order valence-electron chi connectivity index (χ0n) is 9.86. The van der Waals surface area contributed by atoms with Crippen molar-refractivity contribution in [3.63, 3.8) is 0 Å². The summed E-state index contributed by atoms with van der Waals surface area (Å²) >= 11 is 0. The highest BCUT2D eigenvalue weighted by Crippen LogP contribution is 2.18. The van der Waals surface area contributed by atoms with E-state index in [1.807, 2.05) is 19.1 Å². The monoisotopic (exact) mass is 225 g/mol. The summed E-state index contributed by atoms with van der Waals surface area (Å²) in [5, 5.41) is 2.82. The Balaban J connectivity index is 2.20. The lowest BCUT2D eigenvalue weighted by atomic mass is 10.1. The Labute approximate surface area is 96.0 Å². The zero-order chi connectivity index (χ0) is 12.0. The Morgan fingerprint density at radius 1 is 1.44 bits per heavy atom. The minimum Gasteiger partial charge on any atom is -0.465 e. The van der Waals surface area contributed by atoms with E-state index < -0.39 is 0 Å². The van der Waals surface area contributed by atoms with E-state index in [9.17, 15) is 9.59 Å². The van der Waals surface area contributed by atoms with Crippen LogP contribution in [0, 0.1) is 5.92 Å². The summed E-state index contributed by atoms with van der Waals surface area (Å²) in [7, 11) is 0. The second-order valence-electron chi connectivity index (χ2n) is 4.12. The number of nitrogens with one attached hydrogen (secondary N) is 1. The third kappa shape index (κ3) is 4.47. The van der Waals surface area contributed by atoms with Gasteiger partial charge in [0.25, 0.3) is 0 Å². The van der Waals surface area contributed by atoms with Crippen molar-refractivity contribution in [2.45, 2.75) is 39.2 Å².